The lowest BCUT2D eigenvalue weighted by molar-refractivity contribution is -0.139. The van der Waals surface area contributed by atoms with E-state index in [1.807, 2.05) is 0 Å². The lowest BCUT2D eigenvalue weighted by Gasteiger charge is -2.33. The SMILES string of the molecule is N#Cc1cccnc1N1CCC(CNC(=O)C(=O)NC2CCCCCC2)CC1. The molecule has 2 heterocycles. The van der Waals surface area contributed by atoms with Crippen LogP contribution < -0.4 is 15.5 Å². The Balaban J connectivity index is 1.40. The molecule has 2 fully saturated rings. The quantitative estimate of drug-likeness (QED) is 0.613. The summed E-state index contributed by atoms with van der Waals surface area (Å²) >= 11 is 0. The third-order valence-electron chi connectivity index (χ3n) is 5.77. The van der Waals surface area contributed by atoms with Crippen molar-refractivity contribution >= 4 is 17.6 Å². The lowest BCUT2D eigenvalue weighted by Crippen LogP contribution is -2.46. The Morgan fingerprint density at radius 2 is 1.82 bits per heavy atom. The van der Waals surface area contributed by atoms with Gasteiger partial charge in [0.25, 0.3) is 0 Å². The maximum atomic E-state index is 12.1. The molecule has 0 aromatic carbocycles. The first kappa shape index (κ1) is 20.1. The standard InChI is InChI=1S/C21H29N5O2/c22-14-17-6-5-11-23-19(17)26-12-9-16(10-13-26)15-24-20(27)21(28)25-18-7-3-1-2-4-8-18/h5-6,11,16,18H,1-4,7-10,12-13,15H2,(H,24,27)(H,25,28). The molecule has 7 nitrogen and oxygen atoms in total. The van der Waals surface area contributed by atoms with E-state index in [0.717, 1.165) is 57.4 Å². The molecule has 28 heavy (non-hydrogen) atoms. The molecule has 1 aliphatic carbocycles. The number of hydrogen-bond donors (Lipinski definition) is 2. The molecule has 1 aliphatic heterocycles. The highest BCUT2D eigenvalue weighted by Gasteiger charge is 2.24. The Bertz CT molecular complexity index is 714. The molecule has 150 valence electrons. The van der Waals surface area contributed by atoms with Crippen LogP contribution in [0.3, 0.4) is 0 Å². The Morgan fingerprint density at radius 1 is 1.11 bits per heavy atom. The summed E-state index contributed by atoms with van der Waals surface area (Å²) in [7, 11) is 0. The maximum Gasteiger partial charge on any atom is 0.309 e. The highest BCUT2D eigenvalue weighted by molar-refractivity contribution is 6.35. The lowest BCUT2D eigenvalue weighted by atomic mass is 9.96. The number of rotatable bonds is 4. The van der Waals surface area contributed by atoms with Crippen LogP contribution in [0.1, 0.15) is 56.9 Å². The number of anilines is 1. The van der Waals surface area contributed by atoms with E-state index in [2.05, 4.69) is 26.6 Å². The average molecular weight is 383 g/mol. The van der Waals surface area contributed by atoms with Gasteiger partial charge in [0, 0.05) is 31.9 Å². The molecule has 1 saturated heterocycles. The highest BCUT2D eigenvalue weighted by Crippen LogP contribution is 2.23. The van der Waals surface area contributed by atoms with Gasteiger partial charge in [-0.2, -0.15) is 5.26 Å². The van der Waals surface area contributed by atoms with Crippen molar-refractivity contribution in [3.8, 4) is 6.07 Å². The number of piperidine rings is 1. The molecular weight excluding hydrogens is 354 g/mol. The molecule has 2 amide bonds. The summed E-state index contributed by atoms with van der Waals surface area (Å²) in [4.78, 5) is 30.7. The van der Waals surface area contributed by atoms with Gasteiger partial charge in [0.15, 0.2) is 0 Å². The summed E-state index contributed by atoms with van der Waals surface area (Å²) in [5.41, 5.74) is 0.587. The van der Waals surface area contributed by atoms with Gasteiger partial charge in [0.05, 0.1) is 5.56 Å². The van der Waals surface area contributed by atoms with Crippen LogP contribution >= 0.6 is 0 Å². The monoisotopic (exact) mass is 383 g/mol. The third kappa shape index (κ3) is 5.44. The molecule has 0 atom stereocenters. The van der Waals surface area contributed by atoms with Crippen molar-refractivity contribution in [2.24, 2.45) is 5.92 Å². The number of nitrogens with one attached hydrogen (secondary N) is 2. The van der Waals surface area contributed by atoms with Gasteiger partial charge in [-0.05, 0) is 43.7 Å². The van der Waals surface area contributed by atoms with E-state index in [9.17, 15) is 14.9 Å². The van der Waals surface area contributed by atoms with Crippen LogP contribution in [0.15, 0.2) is 18.3 Å². The Morgan fingerprint density at radius 3 is 2.50 bits per heavy atom. The van der Waals surface area contributed by atoms with Crippen LogP contribution in [0, 0.1) is 17.2 Å². The predicted molar refractivity (Wildman–Crippen MR) is 107 cm³/mol. The molecule has 0 bridgehead atoms. The zero-order valence-electron chi connectivity index (χ0n) is 16.3. The van der Waals surface area contributed by atoms with Gasteiger partial charge in [-0.15, -0.1) is 0 Å². The zero-order chi connectivity index (χ0) is 19.8. The first-order valence-corrected chi connectivity index (χ1v) is 10.4. The Hall–Kier alpha value is -2.62. The minimum Gasteiger partial charge on any atom is -0.356 e. The minimum atomic E-state index is -0.525. The summed E-state index contributed by atoms with van der Waals surface area (Å²) in [5, 5.41) is 14.9. The van der Waals surface area contributed by atoms with E-state index in [1.165, 1.54) is 12.8 Å². The Labute approximate surface area is 166 Å². The van der Waals surface area contributed by atoms with Gasteiger partial charge >= 0.3 is 11.8 Å². The topological polar surface area (TPSA) is 98.1 Å². The van der Waals surface area contributed by atoms with Crippen LogP contribution in [0.25, 0.3) is 0 Å². The Kier molecular flexibility index (Phi) is 7.24. The summed E-state index contributed by atoms with van der Waals surface area (Å²) in [6.45, 7) is 2.10. The molecule has 2 aliphatic rings. The second-order valence-electron chi connectivity index (χ2n) is 7.79. The number of hydrogen-bond acceptors (Lipinski definition) is 5. The minimum absolute atomic E-state index is 0.136. The summed E-state index contributed by atoms with van der Waals surface area (Å²) < 4.78 is 0. The molecule has 0 spiro atoms. The maximum absolute atomic E-state index is 12.1. The van der Waals surface area contributed by atoms with Gasteiger partial charge in [0.2, 0.25) is 0 Å². The highest BCUT2D eigenvalue weighted by atomic mass is 16.2. The van der Waals surface area contributed by atoms with Gasteiger partial charge in [0.1, 0.15) is 11.9 Å². The summed E-state index contributed by atoms with van der Waals surface area (Å²) in [6, 6.07) is 5.87. The second kappa shape index (κ2) is 10.1. The molecule has 0 radical (unpaired) electrons. The number of pyridine rings is 1. The normalized spacial score (nSPS) is 18.8. The van der Waals surface area contributed by atoms with Crippen molar-refractivity contribution in [2.45, 2.75) is 57.4 Å². The fraction of sp³-hybridized carbons (Fsp3) is 0.619. The first-order valence-electron chi connectivity index (χ1n) is 10.4. The summed E-state index contributed by atoms with van der Waals surface area (Å²) in [5.74, 6) is 0.0371. The molecular formula is C21H29N5O2. The number of carbonyl (C=O) groups is 2. The van der Waals surface area contributed by atoms with Gasteiger partial charge in [-0.25, -0.2) is 4.98 Å². The van der Waals surface area contributed by atoms with Gasteiger partial charge in [-0.3, -0.25) is 9.59 Å². The summed E-state index contributed by atoms with van der Waals surface area (Å²) in [6.07, 6.45) is 10.1. The number of nitriles is 1. The van der Waals surface area contributed by atoms with Crippen molar-refractivity contribution in [1.29, 1.82) is 5.26 Å². The van der Waals surface area contributed by atoms with Crippen LogP contribution in [-0.4, -0.2) is 42.5 Å². The van der Waals surface area contributed by atoms with E-state index in [-0.39, 0.29) is 6.04 Å². The van der Waals surface area contributed by atoms with Crippen LogP contribution in [-0.2, 0) is 9.59 Å². The largest absolute Gasteiger partial charge is 0.356 e. The molecule has 2 N–H and O–H groups in total. The van der Waals surface area contributed by atoms with Gasteiger partial charge in [-0.1, -0.05) is 25.7 Å². The molecule has 3 rings (SSSR count). The van der Waals surface area contributed by atoms with Crippen molar-refractivity contribution in [3.63, 3.8) is 0 Å². The second-order valence-corrected chi connectivity index (χ2v) is 7.79. The van der Waals surface area contributed by atoms with Crippen molar-refractivity contribution in [2.75, 3.05) is 24.5 Å². The smallest absolute Gasteiger partial charge is 0.309 e. The fourth-order valence-electron chi connectivity index (χ4n) is 4.08. The molecule has 1 saturated carbocycles. The molecule has 1 aromatic heterocycles. The molecule has 0 unspecified atom stereocenters. The molecule has 1 aromatic rings. The van der Waals surface area contributed by atoms with E-state index < -0.39 is 11.8 Å². The van der Waals surface area contributed by atoms with Crippen LogP contribution in [0.5, 0.6) is 0 Å². The third-order valence-corrected chi connectivity index (χ3v) is 5.77. The number of carbonyl (C=O) groups excluding carboxylic acids is 2. The van der Waals surface area contributed by atoms with E-state index >= 15 is 0 Å². The van der Waals surface area contributed by atoms with Gasteiger partial charge < -0.3 is 15.5 Å². The van der Waals surface area contributed by atoms with Crippen molar-refractivity contribution in [1.82, 2.24) is 15.6 Å². The van der Waals surface area contributed by atoms with Crippen LogP contribution in [0.4, 0.5) is 5.82 Å². The molecule has 7 heteroatoms. The van der Waals surface area contributed by atoms with Crippen molar-refractivity contribution < 1.29 is 9.59 Å². The van der Waals surface area contributed by atoms with E-state index in [0.29, 0.717) is 18.0 Å². The van der Waals surface area contributed by atoms with Crippen molar-refractivity contribution in [3.05, 3.63) is 23.9 Å². The van der Waals surface area contributed by atoms with E-state index in [1.54, 1.807) is 18.3 Å². The average Bonchev–Trinajstić information content (AvgIpc) is 3.01. The van der Waals surface area contributed by atoms with Crippen LogP contribution in [0.2, 0.25) is 0 Å². The number of amides is 2. The first-order chi connectivity index (χ1) is 13.7. The number of nitrogens with zero attached hydrogens (tertiary/aromatic N) is 3. The predicted octanol–water partition coefficient (Wildman–Crippen LogP) is 2.12. The van der Waals surface area contributed by atoms with E-state index in [4.69, 9.17) is 0 Å². The fourth-order valence-corrected chi connectivity index (χ4v) is 4.08. The zero-order valence-corrected chi connectivity index (χ0v) is 16.3. The number of aromatic nitrogens is 1.